The standard InChI is InChI=1S/C18H17ClN4O/c1-12-10-14(8-9-20-12)16-11-17(23-22-16)21-18(24)7-4-13-2-5-15(19)6-3-13/h2-3,5-6,8-11H,4,7H2,1H3,(H2,21,22,23,24). The molecular weight excluding hydrogens is 324 g/mol. The number of carbonyl (C=O) groups excluding carboxylic acids is 1. The number of nitrogens with one attached hydrogen (secondary N) is 2. The number of pyridine rings is 1. The van der Waals surface area contributed by atoms with Crippen LogP contribution in [0.15, 0.2) is 48.7 Å². The van der Waals surface area contributed by atoms with Crippen molar-refractivity contribution < 1.29 is 4.79 Å². The molecule has 3 rings (SSSR count). The Labute approximate surface area is 145 Å². The van der Waals surface area contributed by atoms with Gasteiger partial charge in [0.1, 0.15) is 5.82 Å². The Balaban J connectivity index is 1.58. The number of halogens is 1. The fourth-order valence-corrected chi connectivity index (χ4v) is 2.49. The van der Waals surface area contributed by atoms with Gasteiger partial charge in [-0.1, -0.05) is 23.7 Å². The number of anilines is 1. The predicted octanol–water partition coefficient (Wildman–Crippen LogP) is 4.00. The van der Waals surface area contributed by atoms with E-state index in [2.05, 4.69) is 20.5 Å². The molecule has 0 spiro atoms. The quantitative estimate of drug-likeness (QED) is 0.737. The van der Waals surface area contributed by atoms with Crippen LogP contribution in [0.25, 0.3) is 11.3 Å². The van der Waals surface area contributed by atoms with Crippen LogP contribution < -0.4 is 5.32 Å². The molecule has 0 aliphatic carbocycles. The van der Waals surface area contributed by atoms with Crippen LogP contribution in [0.4, 0.5) is 5.82 Å². The van der Waals surface area contributed by atoms with Gasteiger partial charge in [0.05, 0.1) is 5.69 Å². The van der Waals surface area contributed by atoms with Gasteiger partial charge in [0.2, 0.25) is 5.91 Å². The molecule has 0 aliphatic heterocycles. The van der Waals surface area contributed by atoms with Gasteiger partial charge >= 0.3 is 0 Å². The topological polar surface area (TPSA) is 70.7 Å². The number of benzene rings is 1. The fraction of sp³-hybridized carbons (Fsp3) is 0.167. The molecular formula is C18H17ClN4O. The number of H-pyrrole nitrogens is 1. The molecule has 0 unspecified atom stereocenters. The molecule has 2 heterocycles. The smallest absolute Gasteiger partial charge is 0.225 e. The highest BCUT2D eigenvalue weighted by atomic mass is 35.5. The third-order valence-corrected chi connectivity index (χ3v) is 3.85. The van der Waals surface area contributed by atoms with E-state index in [0.29, 0.717) is 23.7 Å². The van der Waals surface area contributed by atoms with Crippen molar-refractivity contribution in [3.05, 3.63) is 64.9 Å². The van der Waals surface area contributed by atoms with E-state index in [1.807, 2.05) is 49.4 Å². The fourth-order valence-electron chi connectivity index (χ4n) is 2.36. The molecule has 0 fully saturated rings. The Morgan fingerprint density at radius 3 is 2.75 bits per heavy atom. The number of nitrogens with zero attached hydrogens (tertiary/aromatic N) is 2. The van der Waals surface area contributed by atoms with Gasteiger partial charge in [0, 0.05) is 35.0 Å². The summed E-state index contributed by atoms with van der Waals surface area (Å²) in [5.74, 6) is 0.520. The van der Waals surface area contributed by atoms with Gasteiger partial charge in [-0.2, -0.15) is 5.10 Å². The van der Waals surface area contributed by atoms with Crippen molar-refractivity contribution in [1.29, 1.82) is 0 Å². The normalized spacial score (nSPS) is 10.6. The van der Waals surface area contributed by atoms with Gasteiger partial charge in [0.25, 0.3) is 0 Å². The molecule has 6 heteroatoms. The van der Waals surface area contributed by atoms with Crippen molar-refractivity contribution in [2.45, 2.75) is 19.8 Å². The molecule has 5 nitrogen and oxygen atoms in total. The summed E-state index contributed by atoms with van der Waals surface area (Å²) >= 11 is 5.85. The molecule has 0 saturated carbocycles. The number of hydrogen-bond donors (Lipinski definition) is 2. The first-order chi connectivity index (χ1) is 11.6. The van der Waals surface area contributed by atoms with E-state index in [1.54, 1.807) is 6.20 Å². The average Bonchev–Trinajstić information content (AvgIpc) is 3.03. The van der Waals surface area contributed by atoms with Crippen LogP contribution in [0, 0.1) is 6.92 Å². The van der Waals surface area contributed by atoms with Crippen LogP contribution in [0.1, 0.15) is 17.7 Å². The SMILES string of the molecule is Cc1cc(-c2cc(NC(=O)CCc3ccc(Cl)cc3)[nH]n2)ccn1. The number of hydrogen-bond acceptors (Lipinski definition) is 3. The average molecular weight is 341 g/mol. The molecule has 0 radical (unpaired) electrons. The minimum Gasteiger partial charge on any atom is -0.311 e. The van der Waals surface area contributed by atoms with Crippen molar-refractivity contribution >= 4 is 23.3 Å². The van der Waals surface area contributed by atoms with E-state index in [1.165, 1.54) is 0 Å². The molecule has 0 aliphatic rings. The Bertz CT molecular complexity index is 842. The third kappa shape index (κ3) is 4.20. The zero-order valence-electron chi connectivity index (χ0n) is 13.2. The summed E-state index contributed by atoms with van der Waals surface area (Å²) < 4.78 is 0. The summed E-state index contributed by atoms with van der Waals surface area (Å²) in [6.45, 7) is 1.93. The van der Waals surface area contributed by atoms with Crippen LogP contribution in [0.3, 0.4) is 0 Å². The number of carbonyl (C=O) groups is 1. The van der Waals surface area contributed by atoms with E-state index in [-0.39, 0.29) is 5.91 Å². The summed E-state index contributed by atoms with van der Waals surface area (Å²) in [5.41, 5.74) is 3.73. The van der Waals surface area contributed by atoms with Crippen molar-refractivity contribution in [2.24, 2.45) is 0 Å². The second kappa shape index (κ2) is 7.27. The highest BCUT2D eigenvalue weighted by Gasteiger charge is 2.08. The van der Waals surface area contributed by atoms with Gasteiger partial charge in [-0.15, -0.1) is 0 Å². The molecule has 0 bridgehead atoms. The second-order valence-corrected chi connectivity index (χ2v) is 5.96. The van der Waals surface area contributed by atoms with Gasteiger partial charge in [-0.25, -0.2) is 0 Å². The maximum absolute atomic E-state index is 12.1. The van der Waals surface area contributed by atoms with E-state index >= 15 is 0 Å². The maximum atomic E-state index is 12.1. The molecule has 24 heavy (non-hydrogen) atoms. The molecule has 1 amide bonds. The zero-order chi connectivity index (χ0) is 16.9. The Morgan fingerprint density at radius 1 is 1.21 bits per heavy atom. The lowest BCUT2D eigenvalue weighted by molar-refractivity contribution is -0.116. The van der Waals surface area contributed by atoms with Gasteiger partial charge < -0.3 is 5.32 Å². The predicted molar refractivity (Wildman–Crippen MR) is 95.0 cm³/mol. The van der Waals surface area contributed by atoms with E-state index in [9.17, 15) is 4.79 Å². The monoisotopic (exact) mass is 340 g/mol. The van der Waals surface area contributed by atoms with Gasteiger partial charge in [-0.05, 0) is 43.2 Å². The summed E-state index contributed by atoms with van der Waals surface area (Å²) in [6, 6.07) is 13.2. The zero-order valence-corrected chi connectivity index (χ0v) is 14.0. The van der Waals surface area contributed by atoms with Crippen molar-refractivity contribution in [3.63, 3.8) is 0 Å². The molecule has 2 aromatic heterocycles. The first-order valence-electron chi connectivity index (χ1n) is 7.63. The van der Waals surface area contributed by atoms with Crippen LogP contribution in [0.2, 0.25) is 5.02 Å². The second-order valence-electron chi connectivity index (χ2n) is 5.53. The first kappa shape index (κ1) is 16.2. The highest BCUT2D eigenvalue weighted by molar-refractivity contribution is 6.30. The van der Waals surface area contributed by atoms with Crippen molar-refractivity contribution in [2.75, 3.05) is 5.32 Å². The molecule has 0 saturated heterocycles. The van der Waals surface area contributed by atoms with E-state index in [0.717, 1.165) is 22.5 Å². The third-order valence-electron chi connectivity index (χ3n) is 3.60. The highest BCUT2D eigenvalue weighted by Crippen LogP contribution is 2.20. The number of amides is 1. The summed E-state index contributed by atoms with van der Waals surface area (Å²) in [7, 11) is 0. The number of aryl methyl sites for hydroxylation is 2. The van der Waals surface area contributed by atoms with Crippen LogP contribution in [-0.2, 0) is 11.2 Å². The van der Waals surface area contributed by atoms with Crippen LogP contribution >= 0.6 is 11.6 Å². The maximum Gasteiger partial charge on any atom is 0.225 e. The lowest BCUT2D eigenvalue weighted by Gasteiger charge is -2.03. The minimum atomic E-state index is -0.0638. The largest absolute Gasteiger partial charge is 0.311 e. The lowest BCUT2D eigenvalue weighted by atomic mass is 10.1. The summed E-state index contributed by atoms with van der Waals surface area (Å²) in [5, 5.41) is 10.6. The lowest BCUT2D eigenvalue weighted by Crippen LogP contribution is -2.12. The van der Waals surface area contributed by atoms with Crippen LogP contribution in [0.5, 0.6) is 0 Å². The molecule has 122 valence electrons. The minimum absolute atomic E-state index is 0.0638. The van der Waals surface area contributed by atoms with Crippen molar-refractivity contribution in [3.8, 4) is 11.3 Å². The molecule has 1 aromatic carbocycles. The first-order valence-corrected chi connectivity index (χ1v) is 8.01. The van der Waals surface area contributed by atoms with Gasteiger partial charge in [-0.3, -0.25) is 14.9 Å². The van der Waals surface area contributed by atoms with E-state index < -0.39 is 0 Å². The number of aromatic amines is 1. The van der Waals surface area contributed by atoms with E-state index in [4.69, 9.17) is 11.6 Å². The van der Waals surface area contributed by atoms with Crippen LogP contribution in [-0.4, -0.2) is 21.1 Å². The molecule has 0 atom stereocenters. The Morgan fingerprint density at radius 2 is 2.00 bits per heavy atom. The summed E-state index contributed by atoms with van der Waals surface area (Å²) in [4.78, 5) is 16.2. The van der Waals surface area contributed by atoms with Gasteiger partial charge in [0.15, 0.2) is 0 Å². The molecule has 3 aromatic rings. The number of aromatic nitrogens is 3. The summed E-state index contributed by atoms with van der Waals surface area (Å²) in [6.07, 6.45) is 2.79. The number of rotatable bonds is 5. The van der Waals surface area contributed by atoms with Crippen molar-refractivity contribution in [1.82, 2.24) is 15.2 Å². The Kier molecular flexibility index (Phi) is 4.91. The Hall–Kier alpha value is -2.66. The molecule has 2 N–H and O–H groups in total.